The van der Waals surface area contributed by atoms with Crippen LogP contribution in [0.25, 0.3) is 16.8 Å². The molecule has 1 N–H and O–H groups in total. The number of carboxylic acids is 1. The molecule has 0 radical (unpaired) electrons. The first-order valence-electron chi connectivity index (χ1n) is 14.9. The van der Waals surface area contributed by atoms with Crippen molar-refractivity contribution in [3.05, 3.63) is 123 Å². The van der Waals surface area contributed by atoms with Crippen molar-refractivity contribution in [3.63, 3.8) is 0 Å². The molecular formula is C36H34N2O4S. The van der Waals surface area contributed by atoms with Crippen molar-refractivity contribution < 1.29 is 19.4 Å². The van der Waals surface area contributed by atoms with Gasteiger partial charge in [-0.1, -0.05) is 55.8 Å². The number of hydrogen-bond donors (Lipinski definition) is 1. The smallest absolute Gasteiger partial charge is 0.339 e. The molecule has 0 saturated carbocycles. The van der Waals surface area contributed by atoms with Crippen LogP contribution in [0.1, 0.15) is 69.6 Å². The quantitative estimate of drug-likeness (QED) is 0.0961. The van der Waals surface area contributed by atoms with Crippen LogP contribution in [0, 0.1) is 0 Å². The minimum atomic E-state index is -0.947. The van der Waals surface area contributed by atoms with Gasteiger partial charge in [0.05, 0.1) is 17.5 Å². The van der Waals surface area contributed by atoms with E-state index < -0.39 is 5.97 Å². The average Bonchev–Trinajstić information content (AvgIpc) is 3.78. The molecule has 0 saturated heterocycles. The first-order valence-corrected chi connectivity index (χ1v) is 15.7. The number of rotatable bonds is 11. The van der Waals surface area contributed by atoms with Crippen LogP contribution in [-0.2, 0) is 37.0 Å². The van der Waals surface area contributed by atoms with Crippen LogP contribution in [0.15, 0.2) is 83.9 Å². The fourth-order valence-electron chi connectivity index (χ4n) is 5.86. The maximum absolute atomic E-state index is 13.7. The molecule has 6 rings (SSSR count). The van der Waals surface area contributed by atoms with Crippen molar-refractivity contribution >= 4 is 40.1 Å². The van der Waals surface area contributed by atoms with Crippen molar-refractivity contribution in [1.29, 1.82) is 0 Å². The van der Waals surface area contributed by atoms with Crippen LogP contribution in [0.5, 0.6) is 5.75 Å². The normalized spacial score (nSPS) is 12.9. The summed E-state index contributed by atoms with van der Waals surface area (Å²) in [5, 5.41) is 13.4. The molecule has 1 aliphatic rings. The number of esters is 1. The number of carbonyl (C=O) groups is 2. The van der Waals surface area contributed by atoms with Gasteiger partial charge in [0.25, 0.3) is 0 Å². The topological polar surface area (TPSA) is 81.4 Å². The predicted octanol–water partition coefficient (Wildman–Crippen LogP) is 7.91. The number of aromatic carboxylic acids is 1. The van der Waals surface area contributed by atoms with Gasteiger partial charge in [-0.2, -0.15) is 0 Å². The molecular weight excluding hydrogens is 556 g/mol. The summed E-state index contributed by atoms with van der Waals surface area (Å²) in [6, 6.07) is 21.1. The van der Waals surface area contributed by atoms with Gasteiger partial charge in [-0.05, 0) is 88.9 Å². The van der Waals surface area contributed by atoms with Gasteiger partial charge < -0.3 is 14.4 Å². The minimum Gasteiger partial charge on any atom is -0.478 e. The molecule has 0 spiro atoms. The molecule has 0 fully saturated rings. The second-order valence-corrected chi connectivity index (χ2v) is 12.0. The van der Waals surface area contributed by atoms with Crippen LogP contribution < -0.4 is 4.74 Å². The van der Waals surface area contributed by atoms with Crippen LogP contribution >= 0.6 is 11.3 Å². The third-order valence-electron chi connectivity index (χ3n) is 8.11. The van der Waals surface area contributed by atoms with E-state index in [9.17, 15) is 14.7 Å². The van der Waals surface area contributed by atoms with Gasteiger partial charge in [-0.3, -0.25) is 0 Å². The van der Waals surface area contributed by atoms with Crippen molar-refractivity contribution in [2.24, 2.45) is 0 Å². The van der Waals surface area contributed by atoms with Crippen molar-refractivity contribution in [1.82, 2.24) is 9.55 Å². The van der Waals surface area contributed by atoms with Gasteiger partial charge in [-0.15, -0.1) is 11.3 Å². The number of carbonyl (C=O) groups excluding carboxylic acids is 1. The molecule has 2 heterocycles. The highest BCUT2D eigenvalue weighted by molar-refractivity contribution is 7.09. The highest BCUT2D eigenvalue weighted by Gasteiger charge is 2.19. The molecule has 218 valence electrons. The number of ether oxygens (including phenoxy) is 1. The van der Waals surface area contributed by atoms with Gasteiger partial charge in [0.15, 0.2) is 0 Å². The average molecular weight is 591 g/mol. The number of aromatic nitrogens is 2. The number of aryl methyl sites for hydroxylation is 3. The maximum atomic E-state index is 13.7. The zero-order valence-corrected chi connectivity index (χ0v) is 25.0. The van der Waals surface area contributed by atoms with Gasteiger partial charge in [-0.25, -0.2) is 14.6 Å². The summed E-state index contributed by atoms with van der Waals surface area (Å²) < 4.78 is 8.11. The summed E-state index contributed by atoms with van der Waals surface area (Å²) in [5.74, 6) is 0.190. The van der Waals surface area contributed by atoms with Gasteiger partial charge in [0.2, 0.25) is 0 Å². The second kappa shape index (κ2) is 12.8. The lowest BCUT2D eigenvalue weighted by Crippen LogP contribution is -2.14. The highest BCUT2D eigenvalue weighted by Crippen LogP contribution is 2.29. The van der Waals surface area contributed by atoms with E-state index in [1.807, 2.05) is 72.3 Å². The number of imidazole rings is 1. The summed E-state index contributed by atoms with van der Waals surface area (Å²) in [7, 11) is 0. The molecule has 0 unspecified atom stereocenters. The Morgan fingerprint density at radius 2 is 1.86 bits per heavy atom. The summed E-state index contributed by atoms with van der Waals surface area (Å²) in [6.45, 7) is 2.65. The number of carboxylic acid groups (broad SMARTS) is 1. The zero-order valence-electron chi connectivity index (χ0n) is 24.2. The lowest BCUT2D eigenvalue weighted by Gasteiger charge is -2.15. The monoisotopic (exact) mass is 590 g/mol. The van der Waals surface area contributed by atoms with E-state index >= 15 is 0 Å². The maximum Gasteiger partial charge on any atom is 0.339 e. The first-order chi connectivity index (χ1) is 21.0. The van der Waals surface area contributed by atoms with Crippen LogP contribution in [-0.4, -0.2) is 26.6 Å². The molecule has 0 aliphatic heterocycles. The van der Waals surface area contributed by atoms with E-state index in [0.717, 1.165) is 65.9 Å². The SMILES string of the molecule is CCCCc1ncc(/C=C(\Cc2cccs2)C(=O)Oc2ccc3c(c2)CCC3)n1Cc1ccc(C(=O)O)c2ccccc12. The van der Waals surface area contributed by atoms with E-state index in [1.165, 1.54) is 11.1 Å². The predicted molar refractivity (Wildman–Crippen MR) is 171 cm³/mol. The molecule has 0 bridgehead atoms. The third kappa shape index (κ3) is 6.32. The van der Waals surface area contributed by atoms with Crippen molar-refractivity contribution in [3.8, 4) is 5.75 Å². The number of unbranched alkanes of at least 4 members (excludes halogenated alkanes) is 1. The van der Waals surface area contributed by atoms with Crippen molar-refractivity contribution in [2.75, 3.05) is 0 Å². The van der Waals surface area contributed by atoms with E-state index in [4.69, 9.17) is 9.72 Å². The third-order valence-corrected chi connectivity index (χ3v) is 8.98. The summed E-state index contributed by atoms with van der Waals surface area (Å²) in [6.07, 6.45) is 10.2. The Kier molecular flexibility index (Phi) is 8.52. The summed E-state index contributed by atoms with van der Waals surface area (Å²) >= 11 is 1.61. The minimum absolute atomic E-state index is 0.281. The molecule has 7 heteroatoms. The second-order valence-electron chi connectivity index (χ2n) is 11.0. The van der Waals surface area contributed by atoms with Crippen LogP contribution in [0.2, 0.25) is 0 Å². The Labute approximate surface area is 255 Å². The van der Waals surface area contributed by atoms with Gasteiger partial charge >= 0.3 is 11.9 Å². The lowest BCUT2D eigenvalue weighted by molar-refractivity contribution is -0.130. The van der Waals surface area contributed by atoms with E-state index in [-0.39, 0.29) is 11.5 Å². The van der Waals surface area contributed by atoms with Crippen LogP contribution in [0.4, 0.5) is 0 Å². The fourth-order valence-corrected chi connectivity index (χ4v) is 6.59. The Morgan fingerprint density at radius 3 is 2.65 bits per heavy atom. The lowest BCUT2D eigenvalue weighted by atomic mass is 9.99. The standard InChI is InChI=1S/C36H34N2O4S/c1-2-3-13-34-37-22-28(38(34)23-26-15-17-33(35(39)40)32-12-5-4-11-31(26)32)19-27(21-30-10-7-18-43-30)36(41)42-29-16-14-24-8-6-9-25(24)20-29/h4-5,7,10-12,14-20,22H,2-3,6,8-9,13,21,23H2,1H3,(H,39,40)/b27-19+. The number of benzene rings is 3. The fraction of sp³-hybridized carbons (Fsp3) is 0.250. The van der Waals surface area contributed by atoms with Crippen LogP contribution in [0.3, 0.4) is 0 Å². The Bertz CT molecular complexity index is 1820. The first kappa shape index (κ1) is 28.6. The van der Waals surface area contributed by atoms with Crippen molar-refractivity contribution in [2.45, 2.75) is 58.4 Å². The molecule has 6 nitrogen and oxygen atoms in total. The molecule has 1 aliphatic carbocycles. The Hall–Kier alpha value is -4.49. The Balaban J connectivity index is 1.38. The zero-order chi connectivity index (χ0) is 29.8. The molecule has 0 amide bonds. The Morgan fingerprint density at radius 1 is 1.02 bits per heavy atom. The highest BCUT2D eigenvalue weighted by atomic mass is 32.1. The summed E-state index contributed by atoms with van der Waals surface area (Å²) in [4.78, 5) is 31.5. The largest absolute Gasteiger partial charge is 0.478 e. The molecule has 43 heavy (non-hydrogen) atoms. The molecule has 3 aromatic carbocycles. The number of thiophene rings is 1. The summed E-state index contributed by atoms with van der Waals surface area (Å²) in [5.41, 5.74) is 5.23. The van der Waals surface area contributed by atoms with E-state index in [0.29, 0.717) is 29.7 Å². The number of nitrogens with zero attached hydrogens (tertiary/aromatic N) is 2. The number of hydrogen-bond acceptors (Lipinski definition) is 5. The van der Waals surface area contributed by atoms with Gasteiger partial charge in [0.1, 0.15) is 11.6 Å². The number of fused-ring (bicyclic) bond motifs is 2. The van der Waals surface area contributed by atoms with Gasteiger partial charge in [0, 0.05) is 29.8 Å². The molecule has 5 aromatic rings. The molecule has 0 atom stereocenters. The van der Waals surface area contributed by atoms with E-state index in [2.05, 4.69) is 17.6 Å². The van der Waals surface area contributed by atoms with E-state index in [1.54, 1.807) is 17.4 Å². The molecule has 2 aromatic heterocycles.